The predicted octanol–water partition coefficient (Wildman–Crippen LogP) is 1.87. The Hall–Kier alpha value is -1.62. The number of pyridine rings is 1. The molecule has 0 amide bonds. The van der Waals surface area contributed by atoms with Crippen molar-refractivity contribution in [2.75, 3.05) is 0 Å². The summed E-state index contributed by atoms with van der Waals surface area (Å²) in [4.78, 5) is 23.4. The van der Waals surface area contributed by atoms with Crippen LogP contribution in [-0.4, -0.2) is 20.7 Å². The van der Waals surface area contributed by atoms with Crippen molar-refractivity contribution in [2.45, 2.75) is 0 Å². The summed E-state index contributed by atoms with van der Waals surface area (Å²) in [5.41, 5.74) is 0.820. The van der Waals surface area contributed by atoms with Crippen molar-refractivity contribution >= 4 is 21.7 Å². The number of hydrogen-bond donors (Lipinski definition) is 0. The first-order chi connectivity index (χ1) is 7.27. The van der Waals surface area contributed by atoms with E-state index in [2.05, 4.69) is 30.9 Å². The lowest BCUT2D eigenvalue weighted by molar-refractivity contribution is 0.103. The molecule has 0 N–H and O–H groups in total. The van der Waals surface area contributed by atoms with E-state index in [0.717, 1.165) is 4.47 Å². The Labute approximate surface area is 94.5 Å². The minimum atomic E-state index is -0.178. The molecule has 0 unspecified atom stereocenters. The zero-order valence-electron chi connectivity index (χ0n) is 7.59. The quantitative estimate of drug-likeness (QED) is 0.777. The first-order valence-corrected chi connectivity index (χ1v) is 4.98. The van der Waals surface area contributed by atoms with E-state index < -0.39 is 0 Å². The third-order valence-electron chi connectivity index (χ3n) is 1.78. The number of rotatable bonds is 2. The lowest BCUT2D eigenvalue weighted by Crippen LogP contribution is -2.04. The van der Waals surface area contributed by atoms with Gasteiger partial charge in [-0.15, -0.1) is 0 Å². The van der Waals surface area contributed by atoms with Crippen molar-refractivity contribution in [3.05, 3.63) is 52.8 Å². The summed E-state index contributed by atoms with van der Waals surface area (Å²) in [6.45, 7) is 0. The highest BCUT2D eigenvalue weighted by atomic mass is 79.9. The average Bonchev–Trinajstić information content (AvgIpc) is 2.30. The smallest absolute Gasteiger partial charge is 0.214 e. The maximum Gasteiger partial charge on any atom is 0.214 e. The Balaban J connectivity index is 2.33. The molecule has 0 saturated carbocycles. The lowest BCUT2D eigenvalue weighted by Gasteiger charge is -1.98. The second-order valence-corrected chi connectivity index (χ2v) is 3.73. The van der Waals surface area contributed by atoms with Gasteiger partial charge in [-0.2, -0.15) is 0 Å². The Bertz CT molecular complexity index is 470. The Kier molecular flexibility index (Phi) is 2.82. The molecular weight excluding hydrogens is 258 g/mol. The third-order valence-corrected chi connectivity index (χ3v) is 2.25. The molecular formula is C10H6BrN3O. The number of halogens is 1. The monoisotopic (exact) mass is 263 g/mol. The summed E-state index contributed by atoms with van der Waals surface area (Å²) < 4.78 is 0.836. The van der Waals surface area contributed by atoms with Crippen LogP contribution < -0.4 is 0 Å². The van der Waals surface area contributed by atoms with Gasteiger partial charge in [0, 0.05) is 23.1 Å². The third kappa shape index (κ3) is 2.24. The van der Waals surface area contributed by atoms with Gasteiger partial charge in [-0.25, -0.2) is 9.97 Å². The van der Waals surface area contributed by atoms with Crippen molar-refractivity contribution in [3.8, 4) is 0 Å². The van der Waals surface area contributed by atoms with Gasteiger partial charge in [-0.3, -0.25) is 9.78 Å². The summed E-state index contributed by atoms with van der Waals surface area (Å²) in [6, 6.07) is 3.42. The van der Waals surface area contributed by atoms with Crippen LogP contribution >= 0.6 is 15.9 Å². The molecule has 0 radical (unpaired) electrons. The Morgan fingerprint density at radius 2 is 1.87 bits per heavy atom. The van der Waals surface area contributed by atoms with Crippen LogP contribution in [0, 0.1) is 0 Å². The molecule has 5 heteroatoms. The first-order valence-electron chi connectivity index (χ1n) is 4.18. The molecule has 0 aliphatic rings. The maximum atomic E-state index is 11.8. The van der Waals surface area contributed by atoms with Crippen LogP contribution in [-0.2, 0) is 0 Å². The molecule has 0 spiro atoms. The largest absolute Gasteiger partial charge is 0.287 e. The van der Waals surface area contributed by atoms with E-state index in [9.17, 15) is 4.79 Å². The standard InChI is InChI=1S/C10H6BrN3O/c11-8-1-2-9(14-5-8)10(15)7-3-12-6-13-4-7/h1-6H. The van der Waals surface area contributed by atoms with E-state index >= 15 is 0 Å². The van der Waals surface area contributed by atoms with E-state index in [1.54, 1.807) is 18.3 Å². The fourth-order valence-electron chi connectivity index (χ4n) is 1.07. The van der Waals surface area contributed by atoms with Crippen LogP contribution in [0.5, 0.6) is 0 Å². The molecule has 0 aromatic carbocycles. The molecule has 0 aliphatic heterocycles. The van der Waals surface area contributed by atoms with Crippen molar-refractivity contribution in [3.63, 3.8) is 0 Å². The van der Waals surface area contributed by atoms with Crippen LogP contribution in [0.25, 0.3) is 0 Å². The number of carbonyl (C=O) groups is 1. The normalized spacial score (nSPS) is 9.93. The summed E-state index contributed by atoms with van der Waals surface area (Å²) in [6.07, 6.45) is 5.90. The van der Waals surface area contributed by atoms with E-state index in [-0.39, 0.29) is 5.78 Å². The van der Waals surface area contributed by atoms with Gasteiger partial charge in [0.1, 0.15) is 12.0 Å². The minimum Gasteiger partial charge on any atom is -0.287 e. The Morgan fingerprint density at radius 1 is 1.13 bits per heavy atom. The summed E-state index contributed by atoms with van der Waals surface area (Å²) >= 11 is 3.25. The lowest BCUT2D eigenvalue weighted by atomic mass is 10.1. The molecule has 0 bridgehead atoms. The molecule has 0 aliphatic carbocycles. The van der Waals surface area contributed by atoms with Gasteiger partial charge in [-0.05, 0) is 28.1 Å². The van der Waals surface area contributed by atoms with Gasteiger partial charge < -0.3 is 0 Å². The topological polar surface area (TPSA) is 55.7 Å². The molecule has 0 saturated heterocycles. The van der Waals surface area contributed by atoms with Crippen molar-refractivity contribution in [1.29, 1.82) is 0 Å². The van der Waals surface area contributed by atoms with Crippen molar-refractivity contribution in [2.24, 2.45) is 0 Å². The fourth-order valence-corrected chi connectivity index (χ4v) is 1.31. The molecule has 0 atom stereocenters. The van der Waals surface area contributed by atoms with E-state index in [4.69, 9.17) is 0 Å². The summed E-state index contributed by atoms with van der Waals surface area (Å²) in [5, 5.41) is 0. The first kappa shape index (κ1) is 9.92. The van der Waals surface area contributed by atoms with Gasteiger partial charge in [0.15, 0.2) is 0 Å². The number of carbonyl (C=O) groups excluding carboxylic acids is 1. The molecule has 2 rings (SSSR count). The van der Waals surface area contributed by atoms with Crippen LogP contribution in [0.15, 0.2) is 41.5 Å². The summed E-state index contributed by atoms with van der Waals surface area (Å²) in [7, 11) is 0. The molecule has 2 aromatic rings. The van der Waals surface area contributed by atoms with Gasteiger partial charge in [-0.1, -0.05) is 0 Å². The highest BCUT2D eigenvalue weighted by Crippen LogP contribution is 2.10. The number of ketones is 1. The molecule has 15 heavy (non-hydrogen) atoms. The van der Waals surface area contributed by atoms with Crippen LogP contribution in [0.2, 0.25) is 0 Å². The van der Waals surface area contributed by atoms with Crippen LogP contribution in [0.3, 0.4) is 0 Å². The van der Waals surface area contributed by atoms with Gasteiger partial charge in [0.25, 0.3) is 0 Å². The minimum absolute atomic E-state index is 0.178. The predicted molar refractivity (Wildman–Crippen MR) is 57.4 cm³/mol. The molecule has 2 heterocycles. The van der Waals surface area contributed by atoms with Crippen molar-refractivity contribution < 1.29 is 4.79 Å². The molecule has 0 fully saturated rings. The highest BCUT2D eigenvalue weighted by Gasteiger charge is 2.10. The van der Waals surface area contributed by atoms with Crippen molar-refractivity contribution in [1.82, 2.24) is 15.0 Å². The number of hydrogen-bond acceptors (Lipinski definition) is 4. The number of aromatic nitrogens is 3. The van der Waals surface area contributed by atoms with Crippen LogP contribution in [0.4, 0.5) is 0 Å². The SMILES string of the molecule is O=C(c1cncnc1)c1ccc(Br)cn1. The average molecular weight is 264 g/mol. The van der Waals surface area contributed by atoms with Crippen LogP contribution in [0.1, 0.15) is 16.1 Å². The second kappa shape index (κ2) is 4.27. The zero-order valence-corrected chi connectivity index (χ0v) is 9.18. The van der Waals surface area contributed by atoms with E-state index in [0.29, 0.717) is 11.3 Å². The molecule has 74 valence electrons. The van der Waals surface area contributed by atoms with Gasteiger partial charge >= 0.3 is 0 Å². The summed E-state index contributed by atoms with van der Waals surface area (Å²) in [5.74, 6) is -0.178. The fraction of sp³-hybridized carbons (Fsp3) is 0. The van der Waals surface area contributed by atoms with E-state index in [1.807, 2.05) is 0 Å². The van der Waals surface area contributed by atoms with Gasteiger partial charge in [0.2, 0.25) is 5.78 Å². The van der Waals surface area contributed by atoms with Gasteiger partial charge in [0.05, 0.1) is 5.56 Å². The maximum absolute atomic E-state index is 11.8. The highest BCUT2D eigenvalue weighted by molar-refractivity contribution is 9.10. The second-order valence-electron chi connectivity index (χ2n) is 2.82. The Morgan fingerprint density at radius 3 is 2.47 bits per heavy atom. The molecule has 4 nitrogen and oxygen atoms in total. The zero-order chi connectivity index (χ0) is 10.7. The molecule has 2 aromatic heterocycles. The van der Waals surface area contributed by atoms with E-state index in [1.165, 1.54) is 18.7 Å². The number of nitrogens with zero attached hydrogens (tertiary/aromatic N) is 3.